The van der Waals surface area contributed by atoms with Crippen LogP contribution >= 0.6 is 15.9 Å². The average Bonchev–Trinajstić information content (AvgIpc) is 2.72. The molecule has 100 valence electrons. The second kappa shape index (κ2) is 7.21. The van der Waals surface area contributed by atoms with Crippen LogP contribution in [0.5, 0.6) is 0 Å². The molecule has 1 aliphatic rings. The van der Waals surface area contributed by atoms with Gasteiger partial charge in [0, 0.05) is 31.0 Å². The van der Waals surface area contributed by atoms with Gasteiger partial charge in [-0.05, 0) is 18.3 Å². The molecule has 0 aromatic heterocycles. The summed E-state index contributed by atoms with van der Waals surface area (Å²) in [6, 6.07) is 0.241. The Morgan fingerprint density at radius 1 is 1.59 bits per heavy atom. The maximum absolute atomic E-state index is 11.1. The molecule has 1 amide bonds. The fourth-order valence-electron chi connectivity index (χ4n) is 2.11. The molecule has 4 nitrogen and oxygen atoms in total. The number of methoxy groups -OCH3 is 1. The predicted octanol–water partition coefficient (Wildman–Crippen LogP) is 2.08. The molecule has 2 unspecified atom stereocenters. The molecular weight excluding hydrogens is 284 g/mol. The minimum absolute atomic E-state index is 0.241. The van der Waals surface area contributed by atoms with E-state index < -0.39 is 0 Å². The SMILES string of the molecule is COC(=O)NC1CCN(CC(CBr)C(C)C)C1. The number of alkyl carbamates (subject to hydrolysis) is 1. The van der Waals surface area contributed by atoms with Gasteiger partial charge in [0.05, 0.1) is 7.11 Å². The summed E-state index contributed by atoms with van der Waals surface area (Å²) in [4.78, 5) is 13.5. The van der Waals surface area contributed by atoms with Crippen LogP contribution in [-0.2, 0) is 4.74 Å². The van der Waals surface area contributed by atoms with E-state index >= 15 is 0 Å². The molecule has 0 saturated carbocycles. The van der Waals surface area contributed by atoms with Crippen molar-refractivity contribution in [2.75, 3.05) is 32.1 Å². The van der Waals surface area contributed by atoms with Crippen molar-refractivity contribution in [1.82, 2.24) is 10.2 Å². The lowest BCUT2D eigenvalue weighted by atomic mass is 9.98. The van der Waals surface area contributed by atoms with Gasteiger partial charge in [0.25, 0.3) is 0 Å². The Morgan fingerprint density at radius 2 is 2.29 bits per heavy atom. The van der Waals surface area contributed by atoms with Crippen LogP contribution in [0.15, 0.2) is 0 Å². The van der Waals surface area contributed by atoms with Gasteiger partial charge in [-0.15, -0.1) is 0 Å². The fraction of sp³-hybridized carbons (Fsp3) is 0.917. The van der Waals surface area contributed by atoms with E-state index in [1.807, 2.05) is 0 Å². The molecule has 1 heterocycles. The van der Waals surface area contributed by atoms with E-state index in [0.717, 1.165) is 31.4 Å². The minimum Gasteiger partial charge on any atom is -0.453 e. The van der Waals surface area contributed by atoms with Gasteiger partial charge in [0.1, 0.15) is 0 Å². The molecule has 1 aliphatic heterocycles. The third-order valence-electron chi connectivity index (χ3n) is 3.41. The maximum Gasteiger partial charge on any atom is 0.407 e. The normalized spacial score (nSPS) is 22.8. The lowest BCUT2D eigenvalue weighted by molar-refractivity contribution is 0.166. The highest BCUT2D eigenvalue weighted by Crippen LogP contribution is 2.18. The van der Waals surface area contributed by atoms with E-state index in [1.54, 1.807) is 0 Å². The zero-order chi connectivity index (χ0) is 12.8. The van der Waals surface area contributed by atoms with Crippen LogP contribution in [0.3, 0.4) is 0 Å². The van der Waals surface area contributed by atoms with Crippen LogP contribution < -0.4 is 5.32 Å². The van der Waals surface area contributed by atoms with E-state index in [2.05, 4.69) is 44.7 Å². The number of carbonyl (C=O) groups is 1. The molecular formula is C12H23BrN2O2. The van der Waals surface area contributed by atoms with Crippen molar-refractivity contribution >= 4 is 22.0 Å². The van der Waals surface area contributed by atoms with Crippen LogP contribution in [0.1, 0.15) is 20.3 Å². The molecule has 1 rings (SSSR count). The van der Waals surface area contributed by atoms with Crippen LogP contribution in [0.4, 0.5) is 4.79 Å². The van der Waals surface area contributed by atoms with Gasteiger partial charge in [0.15, 0.2) is 0 Å². The van der Waals surface area contributed by atoms with Crippen molar-refractivity contribution in [1.29, 1.82) is 0 Å². The first-order valence-electron chi connectivity index (χ1n) is 6.19. The number of halogens is 1. The summed E-state index contributed by atoms with van der Waals surface area (Å²) in [5.74, 6) is 1.36. The summed E-state index contributed by atoms with van der Waals surface area (Å²) in [7, 11) is 1.40. The summed E-state index contributed by atoms with van der Waals surface area (Å²) in [6.07, 6.45) is 0.695. The number of rotatable bonds is 5. The number of hydrogen-bond acceptors (Lipinski definition) is 3. The first-order valence-corrected chi connectivity index (χ1v) is 7.31. The van der Waals surface area contributed by atoms with E-state index in [0.29, 0.717) is 11.8 Å². The van der Waals surface area contributed by atoms with Gasteiger partial charge >= 0.3 is 6.09 Å². The standard InChI is InChI=1S/C12H23BrN2O2/c1-9(2)10(6-13)7-15-5-4-11(8-15)14-12(16)17-3/h9-11H,4-8H2,1-3H3,(H,14,16). The van der Waals surface area contributed by atoms with Crippen molar-refractivity contribution in [2.24, 2.45) is 11.8 Å². The number of hydrogen-bond donors (Lipinski definition) is 1. The van der Waals surface area contributed by atoms with Crippen LogP contribution in [0.25, 0.3) is 0 Å². The third-order valence-corrected chi connectivity index (χ3v) is 4.25. The quantitative estimate of drug-likeness (QED) is 0.791. The monoisotopic (exact) mass is 306 g/mol. The Morgan fingerprint density at radius 3 is 2.82 bits per heavy atom. The molecule has 0 aromatic rings. The van der Waals surface area contributed by atoms with Crippen LogP contribution in [0, 0.1) is 11.8 Å². The zero-order valence-electron chi connectivity index (χ0n) is 10.9. The van der Waals surface area contributed by atoms with Gasteiger partial charge in [-0.1, -0.05) is 29.8 Å². The van der Waals surface area contributed by atoms with E-state index in [-0.39, 0.29) is 12.1 Å². The first-order chi connectivity index (χ1) is 8.06. The molecule has 1 fully saturated rings. The molecule has 0 aromatic carbocycles. The van der Waals surface area contributed by atoms with Gasteiger partial charge in [0.2, 0.25) is 0 Å². The van der Waals surface area contributed by atoms with E-state index in [9.17, 15) is 4.79 Å². The van der Waals surface area contributed by atoms with Gasteiger partial charge in [-0.25, -0.2) is 4.79 Å². The Labute approximate surface area is 112 Å². The van der Waals surface area contributed by atoms with Crippen molar-refractivity contribution in [3.05, 3.63) is 0 Å². The summed E-state index contributed by atoms with van der Waals surface area (Å²) in [6.45, 7) is 7.61. The number of ether oxygens (including phenoxy) is 1. The summed E-state index contributed by atoms with van der Waals surface area (Å²) in [5.41, 5.74) is 0. The second-order valence-corrected chi connectivity index (χ2v) is 5.69. The average molecular weight is 307 g/mol. The number of nitrogens with zero attached hydrogens (tertiary/aromatic N) is 1. The highest BCUT2D eigenvalue weighted by molar-refractivity contribution is 9.09. The molecule has 0 bridgehead atoms. The Bertz CT molecular complexity index is 249. The van der Waals surface area contributed by atoms with Crippen molar-refractivity contribution in [3.8, 4) is 0 Å². The topological polar surface area (TPSA) is 41.6 Å². The first kappa shape index (κ1) is 14.8. The number of likely N-dealkylation sites (tertiary alicyclic amines) is 1. The molecule has 0 radical (unpaired) electrons. The Balaban J connectivity index is 2.32. The number of nitrogens with one attached hydrogen (secondary N) is 1. The smallest absolute Gasteiger partial charge is 0.407 e. The Hall–Kier alpha value is -0.290. The molecule has 1 saturated heterocycles. The number of carbonyl (C=O) groups excluding carboxylic acids is 1. The maximum atomic E-state index is 11.1. The molecule has 0 spiro atoms. The highest BCUT2D eigenvalue weighted by atomic mass is 79.9. The van der Waals surface area contributed by atoms with E-state index in [4.69, 9.17) is 0 Å². The molecule has 1 N–H and O–H groups in total. The highest BCUT2D eigenvalue weighted by Gasteiger charge is 2.26. The molecule has 0 aliphatic carbocycles. The fourth-order valence-corrected chi connectivity index (χ4v) is 3.06. The molecule has 17 heavy (non-hydrogen) atoms. The van der Waals surface area contributed by atoms with Crippen LogP contribution in [-0.4, -0.2) is 49.1 Å². The van der Waals surface area contributed by atoms with Crippen molar-refractivity contribution in [2.45, 2.75) is 26.3 Å². The largest absolute Gasteiger partial charge is 0.453 e. The van der Waals surface area contributed by atoms with Crippen LogP contribution in [0.2, 0.25) is 0 Å². The van der Waals surface area contributed by atoms with E-state index in [1.165, 1.54) is 7.11 Å². The summed E-state index contributed by atoms with van der Waals surface area (Å²) < 4.78 is 4.61. The predicted molar refractivity (Wildman–Crippen MR) is 72.5 cm³/mol. The number of alkyl halides is 1. The van der Waals surface area contributed by atoms with Gasteiger partial charge < -0.3 is 15.0 Å². The lowest BCUT2D eigenvalue weighted by Crippen LogP contribution is -2.38. The lowest BCUT2D eigenvalue weighted by Gasteiger charge is -2.25. The summed E-state index contributed by atoms with van der Waals surface area (Å²) >= 11 is 3.57. The Kier molecular flexibility index (Phi) is 6.27. The van der Waals surface area contributed by atoms with Gasteiger partial charge in [-0.3, -0.25) is 0 Å². The van der Waals surface area contributed by atoms with Crippen molar-refractivity contribution < 1.29 is 9.53 Å². The zero-order valence-corrected chi connectivity index (χ0v) is 12.5. The van der Waals surface area contributed by atoms with Crippen molar-refractivity contribution in [3.63, 3.8) is 0 Å². The molecule has 5 heteroatoms. The third kappa shape index (κ3) is 4.84. The van der Waals surface area contributed by atoms with Gasteiger partial charge in [-0.2, -0.15) is 0 Å². The summed E-state index contributed by atoms with van der Waals surface area (Å²) in [5, 5.41) is 3.90. The molecule has 2 atom stereocenters. The number of amides is 1. The second-order valence-electron chi connectivity index (χ2n) is 5.04. The minimum atomic E-state index is -0.322.